The Kier molecular flexibility index (Phi) is 2.69. The van der Waals surface area contributed by atoms with E-state index in [4.69, 9.17) is 0 Å². The number of carbonyl (C=O) groups excluding carboxylic acids is 1. The van der Waals surface area contributed by atoms with Crippen molar-refractivity contribution in [2.75, 3.05) is 0 Å². The van der Waals surface area contributed by atoms with Gasteiger partial charge >= 0.3 is 0 Å². The van der Waals surface area contributed by atoms with Crippen LogP contribution in [-0.2, 0) is 0 Å². The molecule has 0 N–H and O–H groups in total. The molecule has 0 atom stereocenters. The Balaban J connectivity index is 2.36. The minimum absolute atomic E-state index is 0.122. The maximum absolute atomic E-state index is 12.0. The van der Waals surface area contributed by atoms with Crippen LogP contribution in [0.5, 0.6) is 0 Å². The lowest BCUT2D eigenvalue weighted by Crippen LogP contribution is -1.98. The molecule has 0 spiro atoms. The molecule has 0 aliphatic carbocycles. The number of rotatable bonds is 2. The van der Waals surface area contributed by atoms with Gasteiger partial charge in [0.2, 0.25) is 5.78 Å². The maximum atomic E-state index is 12.0. The van der Waals surface area contributed by atoms with Crippen molar-refractivity contribution in [2.24, 2.45) is 0 Å². The highest BCUT2D eigenvalue weighted by Gasteiger charge is 2.10. The fourth-order valence-electron chi connectivity index (χ4n) is 1.49. The molecule has 0 aliphatic heterocycles. The molecule has 15 heavy (non-hydrogen) atoms. The highest BCUT2D eigenvalue weighted by Crippen LogP contribution is 2.19. The normalized spacial score (nSPS) is 10.3. The van der Waals surface area contributed by atoms with Crippen LogP contribution in [0.3, 0.4) is 0 Å². The molecule has 0 fully saturated rings. The first-order valence-corrected chi connectivity index (χ1v) is 5.66. The van der Waals surface area contributed by atoms with E-state index in [9.17, 15) is 4.79 Å². The first kappa shape index (κ1) is 10.1. The zero-order chi connectivity index (χ0) is 10.8. The van der Waals surface area contributed by atoms with E-state index in [0.29, 0.717) is 0 Å². The van der Waals surface area contributed by atoms with Crippen LogP contribution in [0.25, 0.3) is 0 Å². The van der Waals surface area contributed by atoms with Gasteiger partial charge in [0.15, 0.2) is 0 Å². The molecule has 0 saturated carbocycles. The summed E-state index contributed by atoms with van der Waals surface area (Å²) in [7, 11) is 0. The second-order valence-electron chi connectivity index (χ2n) is 3.61. The van der Waals surface area contributed by atoms with Gasteiger partial charge in [0.25, 0.3) is 0 Å². The van der Waals surface area contributed by atoms with Crippen LogP contribution < -0.4 is 0 Å². The summed E-state index contributed by atoms with van der Waals surface area (Å²) in [5.74, 6) is 0.122. The molecule has 0 saturated heterocycles. The minimum atomic E-state index is 0.122. The largest absolute Gasteiger partial charge is 0.288 e. The van der Waals surface area contributed by atoms with Crippen molar-refractivity contribution < 1.29 is 4.79 Å². The van der Waals surface area contributed by atoms with Gasteiger partial charge in [-0.05, 0) is 32.0 Å². The smallest absolute Gasteiger partial charge is 0.202 e. The number of hydrogen-bond donors (Lipinski definition) is 0. The lowest BCUT2D eigenvalue weighted by Gasteiger charge is -1.99. The summed E-state index contributed by atoms with van der Waals surface area (Å²) >= 11 is 1.55. The molecule has 2 rings (SSSR count). The van der Waals surface area contributed by atoms with E-state index in [0.717, 1.165) is 16.0 Å². The third kappa shape index (κ3) is 2.16. The molecule has 2 heteroatoms. The topological polar surface area (TPSA) is 17.1 Å². The molecule has 1 heterocycles. The molecule has 0 unspecified atom stereocenters. The van der Waals surface area contributed by atoms with E-state index in [1.54, 1.807) is 11.3 Å². The Bertz CT molecular complexity index is 497. The van der Waals surface area contributed by atoms with Gasteiger partial charge in [0.05, 0.1) is 4.88 Å². The zero-order valence-corrected chi connectivity index (χ0v) is 9.60. The third-order valence-corrected chi connectivity index (χ3v) is 3.24. The summed E-state index contributed by atoms with van der Waals surface area (Å²) in [6.07, 6.45) is 0. The molecule has 1 nitrogen and oxygen atoms in total. The maximum Gasteiger partial charge on any atom is 0.202 e. The molecule has 76 valence electrons. The highest BCUT2D eigenvalue weighted by molar-refractivity contribution is 7.14. The molecular weight excluding hydrogens is 204 g/mol. The number of aryl methyl sites for hydroxylation is 2. The first-order valence-electron chi connectivity index (χ1n) is 4.84. The van der Waals surface area contributed by atoms with Crippen LogP contribution >= 0.6 is 11.3 Å². The van der Waals surface area contributed by atoms with Gasteiger partial charge in [-0.15, -0.1) is 11.3 Å². The van der Waals surface area contributed by atoms with Gasteiger partial charge in [-0.25, -0.2) is 0 Å². The van der Waals surface area contributed by atoms with Gasteiger partial charge in [0, 0.05) is 10.4 Å². The number of carbonyl (C=O) groups is 1. The second-order valence-corrected chi connectivity index (χ2v) is 4.90. The average Bonchev–Trinajstić information content (AvgIpc) is 2.64. The fourth-order valence-corrected chi connectivity index (χ4v) is 2.31. The zero-order valence-electron chi connectivity index (χ0n) is 8.78. The molecule has 0 amide bonds. The average molecular weight is 216 g/mol. The van der Waals surface area contributed by atoms with Crippen LogP contribution in [0.4, 0.5) is 0 Å². The summed E-state index contributed by atoms with van der Waals surface area (Å²) in [5, 5.41) is 0. The monoisotopic (exact) mass is 216 g/mol. The van der Waals surface area contributed by atoms with Gasteiger partial charge in [0.1, 0.15) is 0 Å². The van der Waals surface area contributed by atoms with Crippen molar-refractivity contribution in [1.82, 2.24) is 0 Å². The number of benzene rings is 1. The van der Waals surface area contributed by atoms with Crippen molar-refractivity contribution in [3.05, 3.63) is 57.3 Å². The summed E-state index contributed by atoms with van der Waals surface area (Å²) in [6, 6.07) is 11.6. The van der Waals surface area contributed by atoms with E-state index in [2.05, 4.69) is 0 Å². The molecule has 0 radical (unpaired) electrons. The summed E-state index contributed by atoms with van der Waals surface area (Å²) in [6.45, 7) is 4.01. The first-order chi connectivity index (χ1) is 7.16. The van der Waals surface area contributed by atoms with Crippen molar-refractivity contribution in [3.8, 4) is 0 Å². The molecular formula is C13H12OS. The summed E-state index contributed by atoms with van der Waals surface area (Å²) in [5.41, 5.74) is 1.89. The van der Waals surface area contributed by atoms with Crippen molar-refractivity contribution in [1.29, 1.82) is 0 Å². The van der Waals surface area contributed by atoms with Crippen LogP contribution in [0.15, 0.2) is 36.4 Å². The van der Waals surface area contributed by atoms with E-state index in [1.165, 1.54) is 4.88 Å². The Morgan fingerprint density at radius 1 is 1.13 bits per heavy atom. The Hall–Kier alpha value is -1.41. The molecule has 1 aromatic heterocycles. The Morgan fingerprint density at radius 2 is 1.93 bits per heavy atom. The van der Waals surface area contributed by atoms with Crippen LogP contribution in [0, 0.1) is 13.8 Å². The van der Waals surface area contributed by atoms with Crippen LogP contribution in [0.2, 0.25) is 0 Å². The predicted octanol–water partition coefficient (Wildman–Crippen LogP) is 3.60. The molecule has 0 bridgehead atoms. The summed E-state index contributed by atoms with van der Waals surface area (Å²) in [4.78, 5) is 14.0. The minimum Gasteiger partial charge on any atom is -0.288 e. The SMILES string of the molecule is Cc1cccc(C(=O)c2ccc(C)s2)c1. The van der Waals surface area contributed by atoms with E-state index in [1.807, 2.05) is 50.2 Å². The lowest BCUT2D eigenvalue weighted by molar-refractivity contribution is 0.104. The van der Waals surface area contributed by atoms with Gasteiger partial charge in [-0.2, -0.15) is 0 Å². The van der Waals surface area contributed by atoms with Gasteiger partial charge in [-0.1, -0.05) is 23.8 Å². The lowest BCUT2D eigenvalue weighted by atomic mass is 10.1. The van der Waals surface area contributed by atoms with Crippen molar-refractivity contribution >= 4 is 17.1 Å². The quantitative estimate of drug-likeness (QED) is 0.701. The molecule has 0 aliphatic rings. The number of ketones is 1. The van der Waals surface area contributed by atoms with Gasteiger partial charge in [-0.3, -0.25) is 4.79 Å². The van der Waals surface area contributed by atoms with E-state index < -0.39 is 0 Å². The van der Waals surface area contributed by atoms with E-state index in [-0.39, 0.29) is 5.78 Å². The molecule has 2 aromatic rings. The summed E-state index contributed by atoms with van der Waals surface area (Å²) < 4.78 is 0. The standard InChI is InChI=1S/C13H12OS/c1-9-4-3-5-11(8-9)13(14)12-7-6-10(2)15-12/h3-8H,1-2H3. The second kappa shape index (κ2) is 3.99. The van der Waals surface area contributed by atoms with E-state index >= 15 is 0 Å². The third-order valence-electron chi connectivity index (χ3n) is 2.24. The van der Waals surface area contributed by atoms with Crippen LogP contribution in [-0.4, -0.2) is 5.78 Å². The van der Waals surface area contributed by atoms with Gasteiger partial charge < -0.3 is 0 Å². The highest BCUT2D eigenvalue weighted by atomic mass is 32.1. The van der Waals surface area contributed by atoms with Crippen molar-refractivity contribution in [3.63, 3.8) is 0 Å². The van der Waals surface area contributed by atoms with Crippen molar-refractivity contribution in [2.45, 2.75) is 13.8 Å². The van der Waals surface area contributed by atoms with Crippen LogP contribution in [0.1, 0.15) is 25.7 Å². The Labute approximate surface area is 93.4 Å². The Morgan fingerprint density at radius 3 is 2.53 bits per heavy atom. The number of thiophene rings is 1. The molecule has 1 aromatic carbocycles. The number of hydrogen-bond acceptors (Lipinski definition) is 2. The predicted molar refractivity (Wildman–Crippen MR) is 63.7 cm³/mol. The fraction of sp³-hybridized carbons (Fsp3) is 0.154.